The molecule has 0 bridgehead atoms. The van der Waals surface area contributed by atoms with Crippen LogP contribution in [0.3, 0.4) is 0 Å². The Kier molecular flexibility index (Phi) is 2.96. The van der Waals surface area contributed by atoms with Crippen LogP contribution in [0, 0.1) is 10.1 Å². The third-order valence-corrected chi connectivity index (χ3v) is 2.98. The minimum atomic E-state index is -0.499. The first kappa shape index (κ1) is 11.4. The van der Waals surface area contributed by atoms with E-state index in [4.69, 9.17) is 5.73 Å². The number of aromatic nitrogens is 3. The molecule has 2 N–H and O–H groups in total. The van der Waals surface area contributed by atoms with Crippen LogP contribution in [-0.2, 0) is 7.05 Å². The van der Waals surface area contributed by atoms with Crippen molar-refractivity contribution in [2.45, 2.75) is 10.2 Å². The van der Waals surface area contributed by atoms with Crippen LogP contribution in [0.15, 0.2) is 34.7 Å². The highest BCUT2D eigenvalue weighted by atomic mass is 32.2. The first-order valence-electron chi connectivity index (χ1n) is 4.63. The van der Waals surface area contributed by atoms with E-state index in [1.54, 1.807) is 17.0 Å². The fourth-order valence-corrected chi connectivity index (χ4v) is 2.05. The van der Waals surface area contributed by atoms with E-state index in [0.29, 0.717) is 10.2 Å². The van der Waals surface area contributed by atoms with Crippen LogP contribution in [0.1, 0.15) is 0 Å². The molecule has 0 amide bonds. The van der Waals surface area contributed by atoms with Gasteiger partial charge in [-0.25, -0.2) is 9.97 Å². The van der Waals surface area contributed by atoms with Crippen LogP contribution in [-0.4, -0.2) is 19.5 Å². The Bertz CT molecular complexity index is 568. The van der Waals surface area contributed by atoms with E-state index in [1.807, 2.05) is 7.05 Å². The average molecular weight is 251 g/mol. The summed E-state index contributed by atoms with van der Waals surface area (Å²) in [6, 6.07) is 2.60. The summed E-state index contributed by atoms with van der Waals surface area (Å²) in [6.45, 7) is 0. The van der Waals surface area contributed by atoms with Crippen molar-refractivity contribution in [3.63, 3.8) is 0 Å². The van der Waals surface area contributed by atoms with Crippen molar-refractivity contribution in [3.8, 4) is 0 Å². The van der Waals surface area contributed by atoms with Crippen LogP contribution in [0.25, 0.3) is 0 Å². The molecule has 0 aromatic carbocycles. The maximum absolute atomic E-state index is 10.7. The second-order valence-electron chi connectivity index (χ2n) is 3.27. The van der Waals surface area contributed by atoms with Crippen molar-refractivity contribution >= 4 is 23.3 Å². The number of rotatable bonds is 3. The summed E-state index contributed by atoms with van der Waals surface area (Å²) in [5.74, 6) is 0.121. The van der Waals surface area contributed by atoms with Gasteiger partial charge in [-0.1, -0.05) is 0 Å². The summed E-state index contributed by atoms with van der Waals surface area (Å²) in [5.41, 5.74) is 5.43. The molecule has 0 aliphatic heterocycles. The smallest absolute Gasteiger partial charge is 0.275 e. The Labute approximate surface area is 101 Å². The monoisotopic (exact) mass is 251 g/mol. The Morgan fingerprint density at radius 2 is 2.29 bits per heavy atom. The molecule has 88 valence electrons. The number of aryl methyl sites for hydroxylation is 1. The van der Waals surface area contributed by atoms with Crippen LogP contribution in [0.4, 0.5) is 11.5 Å². The van der Waals surface area contributed by atoms with Gasteiger partial charge in [-0.2, -0.15) is 0 Å². The quantitative estimate of drug-likeness (QED) is 0.654. The lowest BCUT2D eigenvalue weighted by Gasteiger charge is -2.02. The van der Waals surface area contributed by atoms with E-state index in [2.05, 4.69) is 9.97 Å². The first-order valence-corrected chi connectivity index (χ1v) is 5.45. The fraction of sp³-hybridized carbons (Fsp3) is 0.111. The van der Waals surface area contributed by atoms with Crippen molar-refractivity contribution in [2.75, 3.05) is 5.73 Å². The van der Waals surface area contributed by atoms with Gasteiger partial charge >= 0.3 is 0 Å². The van der Waals surface area contributed by atoms with E-state index in [1.165, 1.54) is 23.9 Å². The molecule has 7 nitrogen and oxygen atoms in total. The number of nitrogens with two attached hydrogens (primary N) is 1. The largest absolute Gasteiger partial charge is 0.383 e. The van der Waals surface area contributed by atoms with Crippen LogP contribution in [0.5, 0.6) is 0 Å². The van der Waals surface area contributed by atoms with E-state index in [9.17, 15) is 10.1 Å². The molecule has 0 saturated heterocycles. The molecule has 0 atom stereocenters. The molecule has 2 aromatic heterocycles. The number of pyridine rings is 1. The van der Waals surface area contributed by atoms with Gasteiger partial charge < -0.3 is 10.3 Å². The molecule has 0 aliphatic carbocycles. The number of nitro groups is 1. The standard InChI is InChI=1S/C9H9N5O2S/c1-13-3-2-11-9(13)17-8-5-6(14(15)16)4-7(10)12-8/h2-5H,1H3,(H2,10,12). The third kappa shape index (κ3) is 2.53. The molecule has 0 saturated carbocycles. The highest BCUT2D eigenvalue weighted by Gasteiger charge is 2.12. The minimum absolute atomic E-state index is 0.0748. The third-order valence-electron chi connectivity index (χ3n) is 1.99. The van der Waals surface area contributed by atoms with Gasteiger partial charge in [0.25, 0.3) is 5.69 Å². The second-order valence-corrected chi connectivity index (χ2v) is 4.26. The summed E-state index contributed by atoms with van der Waals surface area (Å²) in [5, 5.41) is 11.8. The molecular formula is C9H9N5O2S. The van der Waals surface area contributed by atoms with Crippen LogP contribution < -0.4 is 5.73 Å². The van der Waals surface area contributed by atoms with E-state index in [-0.39, 0.29) is 11.5 Å². The number of imidazole rings is 1. The number of nitrogens with zero attached hydrogens (tertiary/aromatic N) is 4. The number of hydrogen-bond acceptors (Lipinski definition) is 6. The highest BCUT2D eigenvalue weighted by Crippen LogP contribution is 2.28. The minimum Gasteiger partial charge on any atom is -0.383 e. The topological polar surface area (TPSA) is 99.9 Å². The molecule has 2 aromatic rings. The van der Waals surface area contributed by atoms with Crippen LogP contribution >= 0.6 is 11.8 Å². The zero-order valence-corrected chi connectivity index (χ0v) is 9.72. The molecule has 0 unspecified atom stereocenters. The maximum Gasteiger partial charge on any atom is 0.275 e. The number of anilines is 1. The first-order chi connectivity index (χ1) is 8.06. The Morgan fingerprint density at radius 3 is 2.88 bits per heavy atom. The lowest BCUT2D eigenvalue weighted by molar-refractivity contribution is -0.385. The molecule has 2 rings (SSSR count). The summed E-state index contributed by atoms with van der Waals surface area (Å²) >= 11 is 1.22. The zero-order valence-electron chi connectivity index (χ0n) is 8.90. The summed E-state index contributed by atoms with van der Waals surface area (Å²) < 4.78 is 1.79. The fourth-order valence-electron chi connectivity index (χ4n) is 1.21. The Hall–Kier alpha value is -2.09. The highest BCUT2D eigenvalue weighted by molar-refractivity contribution is 7.99. The van der Waals surface area contributed by atoms with Crippen molar-refractivity contribution in [1.82, 2.24) is 14.5 Å². The van der Waals surface area contributed by atoms with Gasteiger partial charge in [0.15, 0.2) is 5.16 Å². The summed E-state index contributed by atoms with van der Waals surface area (Å²) in [7, 11) is 1.83. The molecule has 0 fully saturated rings. The van der Waals surface area contributed by atoms with Gasteiger partial charge in [0, 0.05) is 25.5 Å². The van der Waals surface area contributed by atoms with E-state index < -0.39 is 4.92 Å². The van der Waals surface area contributed by atoms with Crippen molar-refractivity contribution < 1.29 is 4.92 Å². The molecular weight excluding hydrogens is 242 g/mol. The van der Waals surface area contributed by atoms with Gasteiger partial charge in [0.05, 0.1) is 11.0 Å². The molecule has 0 aliphatic rings. The molecule has 17 heavy (non-hydrogen) atoms. The molecule has 8 heteroatoms. The van der Waals surface area contributed by atoms with E-state index in [0.717, 1.165) is 0 Å². The second kappa shape index (κ2) is 4.42. The Morgan fingerprint density at radius 1 is 1.53 bits per heavy atom. The van der Waals surface area contributed by atoms with Crippen LogP contribution in [0.2, 0.25) is 0 Å². The predicted octanol–water partition coefficient (Wildman–Crippen LogP) is 1.46. The average Bonchev–Trinajstić information content (AvgIpc) is 2.63. The summed E-state index contributed by atoms with van der Waals surface area (Å²) in [6.07, 6.45) is 3.42. The van der Waals surface area contributed by atoms with Crippen molar-refractivity contribution in [1.29, 1.82) is 0 Å². The number of hydrogen-bond donors (Lipinski definition) is 1. The maximum atomic E-state index is 10.7. The molecule has 0 radical (unpaired) electrons. The van der Waals surface area contributed by atoms with E-state index >= 15 is 0 Å². The van der Waals surface area contributed by atoms with Gasteiger partial charge in [-0.3, -0.25) is 10.1 Å². The normalized spacial score (nSPS) is 10.4. The molecule has 0 spiro atoms. The predicted molar refractivity (Wildman–Crippen MR) is 62.6 cm³/mol. The van der Waals surface area contributed by atoms with Crippen molar-refractivity contribution in [2.24, 2.45) is 7.05 Å². The Balaban J connectivity index is 2.33. The summed E-state index contributed by atoms with van der Waals surface area (Å²) in [4.78, 5) is 18.3. The lowest BCUT2D eigenvalue weighted by Crippen LogP contribution is -1.97. The van der Waals surface area contributed by atoms with Gasteiger partial charge in [0.1, 0.15) is 10.8 Å². The SMILES string of the molecule is Cn1ccnc1Sc1cc([N+](=O)[O-])cc(N)n1. The van der Waals surface area contributed by atoms with Gasteiger partial charge in [-0.05, 0) is 11.8 Å². The van der Waals surface area contributed by atoms with Crippen molar-refractivity contribution in [3.05, 3.63) is 34.6 Å². The van der Waals surface area contributed by atoms with Gasteiger partial charge in [0.2, 0.25) is 0 Å². The number of nitrogen functional groups attached to an aromatic ring is 1. The zero-order chi connectivity index (χ0) is 12.4. The lowest BCUT2D eigenvalue weighted by atomic mass is 10.4. The van der Waals surface area contributed by atoms with Gasteiger partial charge in [-0.15, -0.1) is 0 Å². The molecule has 2 heterocycles.